The molecule has 2 aliphatic rings. The standard InChI is InChI=1S/C17H23N3O2/c1-19(11-16(21)18-14-8-9-14)12-17(22)20-10-4-6-13-5-2-3-7-15(13)20/h2-3,5,7,14H,4,6,8-12H2,1H3,(H,18,21)/p+1. The molecule has 1 fully saturated rings. The molecule has 2 amide bonds. The van der Waals surface area contributed by atoms with Crippen LogP contribution in [0.4, 0.5) is 5.69 Å². The molecule has 5 heteroatoms. The average Bonchev–Trinajstić information content (AvgIpc) is 3.30. The summed E-state index contributed by atoms with van der Waals surface area (Å²) < 4.78 is 0. The fourth-order valence-electron chi connectivity index (χ4n) is 2.99. The van der Waals surface area contributed by atoms with Gasteiger partial charge in [0.05, 0.1) is 7.05 Å². The minimum atomic E-state index is 0.0480. The Morgan fingerprint density at radius 3 is 2.82 bits per heavy atom. The first-order valence-electron chi connectivity index (χ1n) is 8.12. The molecule has 1 unspecified atom stereocenters. The number of amides is 2. The van der Waals surface area contributed by atoms with Crippen LogP contribution < -0.4 is 15.1 Å². The number of benzene rings is 1. The smallest absolute Gasteiger partial charge is 0.282 e. The lowest BCUT2D eigenvalue weighted by molar-refractivity contribution is -0.862. The van der Waals surface area contributed by atoms with Gasteiger partial charge >= 0.3 is 0 Å². The first-order chi connectivity index (χ1) is 10.6. The fraction of sp³-hybridized carbons (Fsp3) is 0.529. The van der Waals surface area contributed by atoms with Gasteiger partial charge in [-0.3, -0.25) is 9.59 Å². The first-order valence-corrected chi connectivity index (χ1v) is 8.12. The molecule has 1 aromatic carbocycles. The zero-order chi connectivity index (χ0) is 15.5. The Kier molecular flexibility index (Phi) is 4.43. The van der Waals surface area contributed by atoms with Crippen molar-refractivity contribution in [2.24, 2.45) is 0 Å². The van der Waals surface area contributed by atoms with Gasteiger partial charge in [-0.15, -0.1) is 0 Å². The van der Waals surface area contributed by atoms with E-state index in [-0.39, 0.29) is 11.8 Å². The molecule has 0 aromatic heterocycles. The van der Waals surface area contributed by atoms with Crippen molar-refractivity contribution in [3.8, 4) is 0 Å². The van der Waals surface area contributed by atoms with E-state index in [1.54, 1.807) is 0 Å². The summed E-state index contributed by atoms with van der Waals surface area (Å²) in [5.41, 5.74) is 2.28. The van der Waals surface area contributed by atoms with Gasteiger partial charge in [0.25, 0.3) is 11.8 Å². The molecular formula is C17H24N3O2+. The van der Waals surface area contributed by atoms with E-state index >= 15 is 0 Å². The largest absolute Gasteiger partial charge is 0.348 e. The summed E-state index contributed by atoms with van der Waals surface area (Å²) in [4.78, 5) is 27.2. The van der Waals surface area contributed by atoms with E-state index < -0.39 is 0 Å². The van der Waals surface area contributed by atoms with Gasteiger partial charge in [0.2, 0.25) is 0 Å². The zero-order valence-corrected chi connectivity index (χ0v) is 13.1. The highest BCUT2D eigenvalue weighted by molar-refractivity contribution is 5.95. The van der Waals surface area contributed by atoms with Gasteiger partial charge in [-0.2, -0.15) is 0 Å². The Morgan fingerprint density at radius 2 is 2.05 bits per heavy atom. The summed E-state index contributed by atoms with van der Waals surface area (Å²) in [6.45, 7) is 1.49. The van der Waals surface area contributed by atoms with Crippen molar-refractivity contribution in [1.29, 1.82) is 0 Å². The number of hydrogen-bond donors (Lipinski definition) is 2. The number of para-hydroxylation sites is 1. The van der Waals surface area contributed by atoms with Crippen molar-refractivity contribution in [3.05, 3.63) is 29.8 Å². The third kappa shape index (κ3) is 3.65. The SMILES string of the molecule is C[NH+](CC(=O)NC1CC1)CC(=O)N1CCCc2ccccc21. The molecule has 5 nitrogen and oxygen atoms in total. The summed E-state index contributed by atoms with van der Waals surface area (Å²) in [5.74, 6) is 0.149. The molecule has 22 heavy (non-hydrogen) atoms. The fourth-order valence-corrected chi connectivity index (χ4v) is 2.99. The molecule has 0 spiro atoms. The van der Waals surface area contributed by atoms with Gasteiger partial charge in [-0.05, 0) is 37.3 Å². The van der Waals surface area contributed by atoms with Crippen molar-refractivity contribution < 1.29 is 14.5 Å². The third-order valence-corrected chi connectivity index (χ3v) is 4.27. The van der Waals surface area contributed by atoms with Gasteiger partial charge in [0.15, 0.2) is 13.1 Å². The van der Waals surface area contributed by atoms with Crippen LogP contribution in [0.1, 0.15) is 24.8 Å². The Hall–Kier alpha value is -1.88. The molecule has 3 rings (SSSR count). The quantitative estimate of drug-likeness (QED) is 0.789. The number of rotatable bonds is 5. The molecule has 2 N–H and O–H groups in total. The molecule has 1 heterocycles. The van der Waals surface area contributed by atoms with E-state index in [1.807, 2.05) is 30.1 Å². The van der Waals surface area contributed by atoms with E-state index in [9.17, 15) is 9.59 Å². The Labute approximate surface area is 131 Å². The van der Waals surface area contributed by atoms with E-state index in [4.69, 9.17) is 0 Å². The zero-order valence-electron chi connectivity index (χ0n) is 13.1. The lowest BCUT2D eigenvalue weighted by Crippen LogP contribution is -3.11. The first kappa shape index (κ1) is 15.0. The van der Waals surface area contributed by atoms with Crippen LogP contribution in [0.5, 0.6) is 0 Å². The maximum Gasteiger partial charge on any atom is 0.282 e. The second-order valence-electron chi connectivity index (χ2n) is 6.43. The molecule has 1 aromatic rings. The number of carbonyl (C=O) groups excluding carboxylic acids is 2. The van der Waals surface area contributed by atoms with E-state index in [0.717, 1.165) is 42.8 Å². The molecule has 0 saturated heterocycles. The number of likely N-dealkylation sites (N-methyl/N-ethyl adjacent to an activating group) is 1. The predicted molar refractivity (Wildman–Crippen MR) is 84.9 cm³/mol. The lowest BCUT2D eigenvalue weighted by Gasteiger charge is -2.29. The van der Waals surface area contributed by atoms with Crippen LogP contribution in [0.15, 0.2) is 24.3 Å². The van der Waals surface area contributed by atoms with Crippen molar-refractivity contribution in [2.75, 3.05) is 31.6 Å². The van der Waals surface area contributed by atoms with Gasteiger partial charge in [0, 0.05) is 18.3 Å². The van der Waals surface area contributed by atoms with Gasteiger partial charge in [-0.1, -0.05) is 18.2 Å². The summed E-state index contributed by atoms with van der Waals surface area (Å²) in [5, 5.41) is 2.97. The predicted octanol–water partition coefficient (Wildman–Crippen LogP) is -0.241. The monoisotopic (exact) mass is 302 g/mol. The van der Waals surface area contributed by atoms with Crippen LogP contribution in [0.3, 0.4) is 0 Å². The molecule has 118 valence electrons. The lowest BCUT2D eigenvalue weighted by atomic mass is 10.0. The van der Waals surface area contributed by atoms with Crippen LogP contribution in [0, 0.1) is 0 Å². The van der Waals surface area contributed by atoms with Crippen LogP contribution in [-0.4, -0.2) is 44.5 Å². The maximum atomic E-state index is 12.6. The van der Waals surface area contributed by atoms with Crippen molar-refractivity contribution in [1.82, 2.24) is 5.32 Å². The highest BCUT2D eigenvalue weighted by atomic mass is 16.2. The Morgan fingerprint density at radius 1 is 1.27 bits per heavy atom. The number of aryl methyl sites for hydroxylation is 1. The number of nitrogens with one attached hydrogen (secondary N) is 2. The highest BCUT2D eigenvalue weighted by Gasteiger charge is 2.27. The van der Waals surface area contributed by atoms with E-state index in [2.05, 4.69) is 11.4 Å². The minimum Gasteiger partial charge on any atom is -0.348 e. The van der Waals surface area contributed by atoms with E-state index in [0.29, 0.717) is 19.1 Å². The Balaban J connectivity index is 1.56. The van der Waals surface area contributed by atoms with Crippen LogP contribution in [0.25, 0.3) is 0 Å². The van der Waals surface area contributed by atoms with Gasteiger partial charge in [0.1, 0.15) is 0 Å². The molecule has 1 aliphatic carbocycles. The molecule has 1 saturated carbocycles. The molecular weight excluding hydrogens is 278 g/mol. The normalized spacial score (nSPS) is 18.5. The third-order valence-electron chi connectivity index (χ3n) is 4.27. The average molecular weight is 302 g/mol. The number of carbonyl (C=O) groups is 2. The second kappa shape index (κ2) is 6.48. The number of fused-ring (bicyclic) bond motifs is 1. The van der Waals surface area contributed by atoms with Crippen LogP contribution in [0.2, 0.25) is 0 Å². The van der Waals surface area contributed by atoms with Gasteiger partial charge < -0.3 is 15.1 Å². The maximum absolute atomic E-state index is 12.6. The second-order valence-corrected chi connectivity index (χ2v) is 6.43. The van der Waals surface area contributed by atoms with Gasteiger partial charge in [-0.25, -0.2) is 0 Å². The summed E-state index contributed by atoms with van der Waals surface area (Å²) in [7, 11) is 1.90. The van der Waals surface area contributed by atoms with Crippen LogP contribution in [-0.2, 0) is 16.0 Å². The number of nitrogens with zero attached hydrogens (tertiary/aromatic N) is 1. The number of hydrogen-bond acceptors (Lipinski definition) is 2. The summed E-state index contributed by atoms with van der Waals surface area (Å²) in [6.07, 6.45) is 4.22. The molecule has 1 atom stereocenters. The van der Waals surface area contributed by atoms with Crippen LogP contribution >= 0.6 is 0 Å². The molecule has 0 radical (unpaired) electrons. The van der Waals surface area contributed by atoms with Crippen molar-refractivity contribution in [2.45, 2.75) is 31.7 Å². The molecule has 1 aliphatic heterocycles. The summed E-state index contributed by atoms with van der Waals surface area (Å²) in [6, 6.07) is 8.48. The molecule has 0 bridgehead atoms. The topological polar surface area (TPSA) is 53.9 Å². The van der Waals surface area contributed by atoms with E-state index in [1.165, 1.54) is 5.56 Å². The highest BCUT2D eigenvalue weighted by Crippen LogP contribution is 2.26. The minimum absolute atomic E-state index is 0.0480. The van der Waals surface area contributed by atoms with Crippen molar-refractivity contribution in [3.63, 3.8) is 0 Å². The number of quaternary nitrogens is 1. The Bertz CT molecular complexity index is 569. The number of anilines is 1. The summed E-state index contributed by atoms with van der Waals surface area (Å²) >= 11 is 0. The van der Waals surface area contributed by atoms with Crippen molar-refractivity contribution >= 4 is 17.5 Å².